The highest BCUT2D eigenvalue weighted by Crippen LogP contribution is 2.30. The Morgan fingerprint density at radius 2 is 2.29 bits per heavy atom. The van der Waals surface area contributed by atoms with Crippen molar-refractivity contribution in [3.8, 4) is 5.75 Å². The van der Waals surface area contributed by atoms with E-state index in [2.05, 4.69) is 26.2 Å². The molecule has 1 aliphatic heterocycles. The van der Waals surface area contributed by atoms with E-state index < -0.39 is 12.0 Å². The van der Waals surface area contributed by atoms with Crippen LogP contribution < -0.4 is 10.1 Å². The smallest absolute Gasteiger partial charge is 0.320 e. The standard InChI is InChI=1S/C14H12BrClN2O3/c15-13-12(21-9-5-11(14(19)20)17-6-9)4-7-3-8(16)1-2-10(7)18-13/h1-4,9,11,17H,5-6H2,(H,19,20)/t9-,11+/m1/s1. The average Bonchev–Trinajstić information content (AvgIpc) is 2.89. The molecule has 1 aliphatic rings. The molecule has 0 saturated carbocycles. The second kappa shape index (κ2) is 5.79. The number of nitrogens with one attached hydrogen (secondary N) is 1. The number of carboxylic acid groups (broad SMARTS) is 1. The minimum atomic E-state index is -0.858. The lowest BCUT2D eigenvalue weighted by Crippen LogP contribution is -2.30. The van der Waals surface area contributed by atoms with Crippen molar-refractivity contribution in [1.82, 2.24) is 10.3 Å². The number of carboxylic acids is 1. The second-order valence-corrected chi connectivity index (χ2v) is 6.08. The third-order valence-electron chi connectivity index (χ3n) is 3.38. The van der Waals surface area contributed by atoms with Crippen LogP contribution >= 0.6 is 27.5 Å². The van der Waals surface area contributed by atoms with Crippen molar-refractivity contribution in [2.75, 3.05) is 6.54 Å². The van der Waals surface area contributed by atoms with Gasteiger partial charge in [0.05, 0.1) is 5.52 Å². The van der Waals surface area contributed by atoms with Gasteiger partial charge in [0.2, 0.25) is 0 Å². The fourth-order valence-corrected chi connectivity index (χ4v) is 2.93. The molecule has 0 bridgehead atoms. The molecular formula is C14H12BrClN2O3. The predicted octanol–water partition coefficient (Wildman–Crippen LogP) is 2.84. The molecule has 0 radical (unpaired) electrons. The first-order valence-electron chi connectivity index (χ1n) is 6.41. The van der Waals surface area contributed by atoms with E-state index in [0.29, 0.717) is 28.3 Å². The Bertz CT molecular complexity index is 710. The predicted molar refractivity (Wildman–Crippen MR) is 82.9 cm³/mol. The van der Waals surface area contributed by atoms with Crippen LogP contribution in [0, 0.1) is 0 Å². The number of hydrogen-bond acceptors (Lipinski definition) is 4. The molecule has 1 saturated heterocycles. The van der Waals surface area contributed by atoms with Crippen LogP contribution in [0.2, 0.25) is 5.02 Å². The van der Waals surface area contributed by atoms with Crippen molar-refractivity contribution in [3.63, 3.8) is 0 Å². The van der Waals surface area contributed by atoms with E-state index >= 15 is 0 Å². The highest BCUT2D eigenvalue weighted by molar-refractivity contribution is 9.10. The fraction of sp³-hybridized carbons (Fsp3) is 0.286. The van der Waals surface area contributed by atoms with E-state index in [9.17, 15) is 4.79 Å². The van der Waals surface area contributed by atoms with Gasteiger partial charge in [-0.1, -0.05) is 11.6 Å². The molecule has 1 fully saturated rings. The first-order chi connectivity index (χ1) is 10.0. The lowest BCUT2D eigenvalue weighted by Gasteiger charge is -2.14. The zero-order valence-corrected chi connectivity index (χ0v) is 13.2. The van der Waals surface area contributed by atoms with Crippen molar-refractivity contribution in [3.05, 3.63) is 33.9 Å². The summed E-state index contributed by atoms with van der Waals surface area (Å²) in [6.45, 7) is 0.497. The number of carbonyl (C=O) groups is 1. The van der Waals surface area contributed by atoms with E-state index in [1.54, 1.807) is 6.07 Å². The summed E-state index contributed by atoms with van der Waals surface area (Å²) >= 11 is 9.36. The molecule has 2 atom stereocenters. The van der Waals surface area contributed by atoms with Gasteiger partial charge in [-0.2, -0.15) is 0 Å². The highest BCUT2D eigenvalue weighted by atomic mass is 79.9. The van der Waals surface area contributed by atoms with Gasteiger partial charge in [-0.25, -0.2) is 4.98 Å². The van der Waals surface area contributed by atoms with Crippen LogP contribution in [0.3, 0.4) is 0 Å². The van der Waals surface area contributed by atoms with Crippen molar-refractivity contribution in [1.29, 1.82) is 0 Å². The summed E-state index contributed by atoms with van der Waals surface area (Å²) in [7, 11) is 0. The van der Waals surface area contributed by atoms with Crippen LogP contribution in [0.4, 0.5) is 0 Å². The number of aliphatic carboxylic acids is 1. The van der Waals surface area contributed by atoms with E-state index in [1.807, 2.05) is 18.2 Å². The van der Waals surface area contributed by atoms with Gasteiger partial charge < -0.3 is 15.2 Å². The fourth-order valence-electron chi connectivity index (χ4n) is 2.35. The highest BCUT2D eigenvalue weighted by Gasteiger charge is 2.30. The minimum Gasteiger partial charge on any atom is -0.486 e. The molecule has 2 aromatic rings. The van der Waals surface area contributed by atoms with Gasteiger partial charge >= 0.3 is 5.97 Å². The van der Waals surface area contributed by atoms with Crippen LogP contribution in [-0.4, -0.2) is 34.8 Å². The lowest BCUT2D eigenvalue weighted by atomic mass is 10.2. The van der Waals surface area contributed by atoms with Gasteiger partial charge in [0, 0.05) is 23.4 Å². The topological polar surface area (TPSA) is 71.5 Å². The molecule has 1 aromatic heterocycles. The monoisotopic (exact) mass is 370 g/mol. The Labute approximate surface area is 134 Å². The molecular weight excluding hydrogens is 360 g/mol. The third-order valence-corrected chi connectivity index (χ3v) is 4.18. The average molecular weight is 372 g/mol. The number of halogens is 2. The summed E-state index contributed by atoms with van der Waals surface area (Å²) in [6.07, 6.45) is 0.232. The summed E-state index contributed by atoms with van der Waals surface area (Å²) in [6, 6.07) is 6.73. The van der Waals surface area contributed by atoms with E-state index in [4.69, 9.17) is 21.4 Å². The number of aromatic nitrogens is 1. The van der Waals surface area contributed by atoms with Crippen LogP contribution in [-0.2, 0) is 4.79 Å². The number of benzene rings is 1. The van der Waals surface area contributed by atoms with Gasteiger partial charge in [-0.05, 0) is 40.2 Å². The number of pyridine rings is 1. The SMILES string of the molecule is O=C(O)[C@@H]1C[C@@H](Oc2cc3cc(Cl)ccc3nc2Br)CN1. The van der Waals surface area contributed by atoms with Crippen LogP contribution in [0.25, 0.3) is 10.9 Å². The largest absolute Gasteiger partial charge is 0.486 e. The van der Waals surface area contributed by atoms with Gasteiger partial charge in [-0.3, -0.25) is 4.79 Å². The molecule has 0 amide bonds. The van der Waals surface area contributed by atoms with Crippen molar-refractivity contribution >= 4 is 44.4 Å². The van der Waals surface area contributed by atoms with Crippen molar-refractivity contribution in [2.45, 2.75) is 18.6 Å². The van der Waals surface area contributed by atoms with Crippen LogP contribution in [0.15, 0.2) is 28.9 Å². The molecule has 110 valence electrons. The normalized spacial score (nSPS) is 21.6. The molecule has 2 heterocycles. The molecule has 0 spiro atoms. The number of rotatable bonds is 3. The first-order valence-corrected chi connectivity index (χ1v) is 7.58. The maximum absolute atomic E-state index is 10.9. The molecule has 0 unspecified atom stereocenters. The third kappa shape index (κ3) is 3.12. The zero-order chi connectivity index (χ0) is 15.0. The Hall–Kier alpha value is -1.37. The second-order valence-electron chi connectivity index (χ2n) is 4.89. The molecule has 0 aliphatic carbocycles. The van der Waals surface area contributed by atoms with Gasteiger partial charge in [0.25, 0.3) is 0 Å². The maximum atomic E-state index is 10.9. The summed E-state index contributed by atoms with van der Waals surface area (Å²) in [5.41, 5.74) is 0.812. The van der Waals surface area contributed by atoms with Crippen molar-refractivity contribution < 1.29 is 14.6 Å². The molecule has 7 heteroatoms. The van der Waals surface area contributed by atoms with Gasteiger partial charge in [-0.15, -0.1) is 0 Å². The molecule has 21 heavy (non-hydrogen) atoms. The quantitative estimate of drug-likeness (QED) is 0.812. The van der Waals surface area contributed by atoms with Crippen molar-refractivity contribution in [2.24, 2.45) is 0 Å². The first kappa shape index (κ1) is 14.6. The van der Waals surface area contributed by atoms with Gasteiger partial charge in [0.1, 0.15) is 16.7 Å². The van der Waals surface area contributed by atoms with Gasteiger partial charge in [0.15, 0.2) is 5.75 Å². The van der Waals surface area contributed by atoms with E-state index in [0.717, 1.165) is 10.9 Å². The Balaban J connectivity index is 1.84. The minimum absolute atomic E-state index is 0.194. The molecule has 1 aromatic carbocycles. The lowest BCUT2D eigenvalue weighted by molar-refractivity contribution is -0.139. The van der Waals surface area contributed by atoms with E-state index in [-0.39, 0.29) is 6.10 Å². The number of hydrogen-bond donors (Lipinski definition) is 2. The number of nitrogens with zero attached hydrogens (tertiary/aromatic N) is 1. The van der Waals surface area contributed by atoms with Crippen LogP contribution in [0.1, 0.15) is 6.42 Å². The number of ether oxygens (including phenoxy) is 1. The summed E-state index contributed by atoms with van der Waals surface area (Å²) in [5.74, 6) is -0.272. The zero-order valence-electron chi connectivity index (χ0n) is 10.8. The Morgan fingerprint density at radius 1 is 1.48 bits per heavy atom. The Kier molecular flexibility index (Phi) is 4.01. The van der Waals surface area contributed by atoms with E-state index in [1.165, 1.54) is 0 Å². The summed E-state index contributed by atoms with van der Waals surface area (Å²) in [5, 5.41) is 13.4. The molecule has 5 nitrogen and oxygen atoms in total. The summed E-state index contributed by atoms with van der Waals surface area (Å²) in [4.78, 5) is 15.3. The van der Waals surface area contributed by atoms with Crippen LogP contribution in [0.5, 0.6) is 5.75 Å². The Morgan fingerprint density at radius 3 is 3.00 bits per heavy atom. The molecule has 3 rings (SSSR count). The molecule has 2 N–H and O–H groups in total. The summed E-state index contributed by atoms with van der Waals surface area (Å²) < 4.78 is 6.45. The number of fused-ring (bicyclic) bond motifs is 1. The maximum Gasteiger partial charge on any atom is 0.320 e.